The molecular formula is C13H7BrClN3. The Morgan fingerprint density at radius 2 is 1.83 bits per heavy atom. The van der Waals surface area contributed by atoms with E-state index in [2.05, 4.69) is 30.9 Å². The highest BCUT2D eigenvalue weighted by molar-refractivity contribution is 9.10. The average Bonchev–Trinajstić information content (AvgIpc) is 2.38. The van der Waals surface area contributed by atoms with Crippen LogP contribution in [0.2, 0.25) is 5.02 Å². The predicted molar refractivity (Wildman–Crippen MR) is 75.5 cm³/mol. The summed E-state index contributed by atoms with van der Waals surface area (Å²) < 4.78 is 0.776. The fourth-order valence-corrected chi connectivity index (χ4v) is 2.17. The van der Waals surface area contributed by atoms with Crippen LogP contribution in [0.3, 0.4) is 0 Å². The average molecular weight is 321 g/mol. The van der Waals surface area contributed by atoms with Crippen LogP contribution in [0.5, 0.6) is 0 Å². The van der Waals surface area contributed by atoms with Crippen molar-refractivity contribution in [3.05, 3.63) is 52.2 Å². The Hall–Kier alpha value is -1.52. The number of rotatable bonds is 1. The van der Waals surface area contributed by atoms with Gasteiger partial charge < -0.3 is 0 Å². The maximum Gasteiger partial charge on any atom is 0.108 e. The summed E-state index contributed by atoms with van der Waals surface area (Å²) in [7, 11) is 0. The van der Waals surface area contributed by atoms with E-state index in [1.807, 2.05) is 24.3 Å². The van der Waals surface area contributed by atoms with Gasteiger partial charge in [-0.05, 0) is 46.3 Å². The van der Waals surface area contributed by atoms with Crippen molar-refractivity contribution >= 4 is 38.6 Å². The molecule has 3 nitrogen and oxygen atoms in total. The molecule has 2 aromatic heterocycles. The summed E-state index contributed by atoms with van der Waals surface area (Å²) in [5.41, 5.74) is 3.11. The van der Waals surface area contributed by atoms with Gasteiger partial charge in [0.1, 0.15) is 10.3 Å². The van der Waals surface area contributed by atoms with E-state index in [0.29, 0.717) is 5.02 Å². The highest BCUT2D eigenvalue weighted by atomic mass is 79.9. The first-order valence-electron chi connectivity index (χ1n) is 5.27. The van der Waals surface area contributed by atoms with Crippen molar-refractivity contribution in [3.63, 3.8) is 0 Å². The van der Waals surface area contributed by atoms with Gasteiger partial charge in [0.25, 0.3) is 0 Å². The molecule has 0 fully saturated rings. The molecule has 0 amide bonds. The quantitative estimate of drug-likeness (QED) is 0.633. The minimum Gasteiger partial charge on any atom is -0.252 e. The lowest BCUT2D eigenvalue weighted by atomic mass is 10.2. The third-order valence-corrected chi connectivity index (χ3v) is 3.16. The molecule has 3 rings (SSSR count). The Balaban J connectivity index is 2.16. The second-order valence-corrected chi connectivity index (χ2v) is 4.98. The fourth-order valence-electron chi connectivity index (χ4n) is 1.66. The van der Waals surface area contributed by atoms with E-state index in [1.165, 1.54) is 0 Å². The molecule has 0 N–H and O–H groups in total. The molecule has 0 bridgehead atoms. The van der Waals surface area contributed by atoms with Crippen LogP contribution in [0.1, 0.15) is 0 Å². The van der Waals surface area contributed by atoms with Gasteiger partial charge in [0.2, 0.25) is 0 Å². The van der Waals surface area contributed by atoms with Gasteiger partial charge in [0.05, 0.1) is 22.9 Å². The van der Waals surface area contributed by atoms with Crippen molar-refractivity contribution in [2.24, 2.45) is 0 Å². The molecule has 2 heterocycles. The molecule has 0 aliphatic rings. The van der Waals surface area contributed by atoms with Crippen molar-refractivity contribution in [1.29, 1.82) is 0 Å². The molecular weight excluding hydrogens is 314 g/mol. The fraction of sp³-hybridized carbons (Fsp3) is 0. The number of nitrogens with zero attached hydrogens (tertiary/aromatic N) is 3. The van der Waals surface area contributed by atoms with E-state index < -0.39 is 0 Å². The van der Waals surface area contributed by atoms with E-state index in [-0.39, 0.29) is 0 Å². The number of hydrogen-bond donors (Lipinski definition) is 0. The van der Waals surface area contributed by atoms with Crippen molar-refractivity contribution in [3.8, 4) is 11.4 Å². The predicted octanol–water partition coefficient (Wildman–Crippen LogP) is 4.11. The molecule has 0 radical (unpaired) electrons. The van der Waals surface area contributed by atoms with Crippen LogP contribution >= 0.6 is 27.5 Å². The van der Waals surface area contributed by atoms with Crippen LogP contribution in [-0.4, -0.2) is 15.0 Å². The van der Waals surface area contributed by atoms with Gasteiger partial charge in [0.15, 0.2) is 0 Å². The largest absolute Gasteiger partial charge is 0.252 e. The lowest BCUT2D eigenvalue weighted by molar-refractivity contribution is 1.21. The van der Waals surface area contributed by atoms with E-state index in [0.717, 1.165) is 27.0 Å². The molecule has 0 aliphatic heterocycles. The summed E-state index contributed by atoms with van der Waals surface area (Å²) in [5, 5.41) is 0.658. The number of hydrogen-bond acceptors (Lipinski definition) is 3. The molecule has 0 aliphatic carbocycles. The number of halogens is 2. The lowest BCUT2D eigenvalue weighted by Gasteiger charge is -2.02. The number of benzene rings is 1. The third kappa shape index (κ3) is 2.21. The van der Waals surface area contributed by atoms with Gasteiger partial charge in [-0.3, -0.25) is 4.98 Å². The standard InChI is InChI=1S/C13H7BrClN3/c14-13-3-1-2-9(18-13)12-7-16-11-6-8(15)4-5-10(11)17-12/h1-7H. The molecule has 0 unspecified atom stereocenters. The minimum absolute atomic E-state index is 0.658. The third-order valence-electron chi connectivity index (χ3n) is 2.48. The van der Waals surface area contributed by atoms with Gasteiger partial charge >= 0.3 is 0 Å². The van der Waals surface area contributed by atoms with Gasteiger partial charge in [-0.2, -0.15) is 0 Å². The Bertz CT molecular complexity index is 730. The zero-order chi connectivity index (χ0) is 12.5. The summed E-state index contributed by atoms with van der Waals surface area (Å²) in [5.74, 6) is 0. The maximum absolute atomic E-state index is 5.91. The maximum atomic E-state index is 5.91. The van der Waals surface area contributed by atoms with E-state index in [9.17, 15) is 0 Å². The first-order valence-corrected chi connectivity index (χ1v) is 6.45. The van der Waals surface area contributed by atoms with Crippen LogP contribution in [0.25, 0.3) is 22.4 Å². The summed E-state index contributed by atoms with van der Waals surface area (Å²) in [4.78, 5) is 13.2. The number of fused-ring (bicyclic) bond motifs is 1. The Morgan fingerprint density at radius 3 is 2.67 bits per heavy atom. The highest BCUT2D eigenvalue weighted by Gasteiger charge is 2.04. The van der Waals surface area contributed by atoms with Crippen molar-refractivity contribution in [1.82, 2.24) is 15.0 Å². The molecule has 5 heteroatoms. The van der Waals surface area contributed by atoms with Crippen molar-refractivity contribution in [2.75, 3.05) is 0 Å². The number of pyridine rings is 1. The zero-order valence-corrected chi connectivity index (χ0v) is 11.5. The first-order chi connectivity index (χ1) is 8.72. The Kier molecular flexibility index (Phi) is 2.97. The van der Waals surface area contributed by atoms with E-state index in [1.54, 1.807) is 18.3 Å². The Labute approximate surface area is 117 Å². The topological polar surface area (TPSA) is 38.7 Å². The molecule has 0 saturated heterocycles. The van der Waals surface area contributed by atoms with E-state index >= 15 is 0 Å². The molecule has 0 atom stereocenters. The molecule has 88 valence electrons. The second kappa shape index (κ2) is 4.63. The monoisotopic (exact) mass is 319 g/mol. The smallest absolute Gasteiger partial charge is 0.108 e. The first kappa shape index (κ1) is 11.6. The van der Waals surface area contributed by atoms with Crippen LogP contribution in [0.4, 0.5) is 0 Å². The summed E-state index contributed by atoms with van der Waals surface area (Å²) in [6, 6.07) is 11.1. The van der Waals surface area contributed by atoms with Crippen molar-refractivity contribution < 1.29 is 0 Å². The summed E-state index contributed by atoms with van der Waals surface area (Å²) in [6.07, 6.45) is 1.70. The zero-order valence-electron chi connectivity index (χ0n) is 9.14. The van der Waals surface area contributed by atoms with Gasteiger partial charge in [-0.15, -0.1) is 0 Å². The molecule has 0 spiro atoms. The normalized spacial score (nSPS) is 10.8. The van der Waals surface area contributed by atoms with Gasteiger partial charge in [-0.25, -0.2) is 9.97 Å². The van der Waals surface area contributed by atoms with Crippen LogP contribution in [-0.2, 0) is 0 Å². The van der Waals surface area contributed by atoms with Gasteiger partial charge in [0, 0.05) is 5.02 Å². The van der Waals surface area contributed by atoms with Gasteiger partial charge in [-0.1, -0.05) is 17.7 Å². The SMILES string of the molecule is Clc1ccc2nc(-c3cccc(Br)n3)cnc2c1. The van der Waals surface area contributed by atoms with E-state index in [4.69, 9.17) is 11.6 Å². The lowest BCUT2D eigenvalue weighted by Crippen LogP contribution is -1.91. The molecule has 3 aromatic rings. The summed E-state index contributed by atoms with van der Waals surface area (Å²) >= 11 is 9.25. The van der Waals surface area contributed by atoms with Crippen molar-refractivity contribution in [2.45, 2.75) is 0 Å². The summed E-state index contributed by atoms with van der Waals surface area (Å²) in [6.45, 7) is 0. The molecule has 18 heavy (non-hydrogen) atoms. The minimum atomic E-state index is 0.658. The van der Waals surface area contributed by atoms with Crippen LogP contribution < -0.4 is 0 Å². The molecule has 0 saturated carbocycles. The number of aromatic nitrogens is 3. The molecule has 1 aromatic carbocycles. The van der Waals surface area contributed by atoms with Crippen LogP contribution in [0, 0.1) is 0 Å². The highest BCUT2D eigenvalue weighted by Crippen LogP contribution is 2.21. The van der Waals surface area contributed by atoms with Crippen LogP contribution in [0.15, 0.2) is 47.2 Å². The second-order valence-electron chi connectivity index (χ2n) is 3.73. The Morgan fingerprint density at radius 1 is 0.944 bits per heavy atom.